The van der Waals surface area contributed by atoms with E-state index in [1.165, 1.54) is 24.0 Å². The smallest absolute Gasteiger partial charge is 0.122 e. The van der Waals surface area contributed by atoms with Gasteiger partial charge in [-0.3, -0.25) is 0 Å². The molecule has 2 bridgehead atoms. The third-order valence-corrected chi connectivity index (χ3v) is 4.59. The minimum absolute atomic E-state index is 0.172. The summed E-state index contributed by atoms with van der Waals surface area (Å²) in [7, 11) is 1.72. The second-order valence-corrected chi connectivity index (χ2v) is 5.96. The number of aryl methyl sites for hydroxylation is 1. The maximum Gasteiger partial charge on any atom is 0.122 e. The van der Waals surface area contributed by atoms with E-state index in [-0.39, 0.29) is 6.04 Å². The Morgan fingerprint density at radius 3 is 2.89 bits per heavy atom. The molecule has 4 unspecified atom stereocenters. The Morgan fingerprint density at radius 2 is 2.26 bits per heavy atom. The molecule has 3 nitrogen and oxygen atoms in total. The van der Waals surface area contributed by atoms with Crippen LogP contribution in [0.2, 0.25) is 0 Å². The fourth-order valence-corrected chi connectivity index (χ4v) is 3.60. The van der Waals surface area contributed by atoms with Crippen molar-refractivity contribution < 1.29 is 9.47 Å². The van der Waals surface area contributed by atoms with Gasteiger partial charge in [-0.1, -0.05) is 17.7 Å². The highest BCUT2D eigenvalue weighted by molar-refractivity contribution is 5.37. The zero-order chi connectivity index (χ0) is 13.4. The van der Waals surface area contributed by atoms with E-state index in [0.717, 1.165) is 18.6 Å². The van der Waals surface area contributed by atoms with Crippen molar-refractivity contribution in [3.05, 3.63) is 29.3 Å². The molecule has 3 rings (SSSR count). The predicted molar refractivity (Wildman–Crippen MR) is 75.4 cm³/mol. The molecule has 1 aromatic rings. The summed E-state index contributed by atoms with van der Waals surface area (Å²) in [4.78, 5) is 0. The van der Waals surface area contributed by atoms with Gasteiger partial charge in [0, 0.05) is 12.0 Å². The molecular weight excluding hydrogens is 238 g/mol. The van der Waals surface area contributed by atoms with Crippen molar-refractivity contribution in [3.63, 3.8) is 0 Å². The van der Waals surface area contributed by atoms with Gasteiger partial charge in [0.15, 0.2) is 0 Å². The molecule has 0 amide bonds. The minimum Gasteiger partial charge on any atom is -0.496 e. The predicted octanol–water partition coefficient (Wildman–Crippen LogP) is 2.44. The number of hydrogen-bond acceptors (Lipinski definition) is 3. The van der Waals surface area contributed by atoms with Crippen LogP contribution in [-0.2, 0) is 11.2 Å². The lowest BCUT2D eigenvalue weighted by Crippen LogP contribution is -2.38. The minimum atomic E-state index is 0.172. The summed E-state index contributed by atoms with van der Waals surface area (Å²) in [5, 5.41) is 0. The van der Waals surface area contributed by atoms with Crippen LogP contribution in [0.15, 0.2) is 18.2 Å². The van der Waals surface area contributed by atoms with Gasteiger partial charge in [0.05, 0.1) is 19.3 Å². The number of hydrogen-bond donors (Lipinski definition) is 1. The first-order valence-electron chi connectivity index (χ1n) is 7.22. The Bertz CT molecular complexity index is 460. The average molecular weight is 261 g/mol. The maximum atomic E-state index is 6.44. The zero-order valence-corrected chi connectivity index (χ0v) is 11.8. The average Bonchev–Trinajstić information content (AvgIpc) is 3.01. The molecule has 0 saturated carbocycles. The standard InChI is InChI=1S/C16H23NO2/c1-10-3-5-15(18-2)11(7-10)8-14(17)13-9-12-4-6-16(13)19-12/h3,5,7,12-14,16H,4,6,8-9,17H2,1-2H3. The van der Waals surface area contributed by atoms with E-state index >= 15 is 0 Å². The van der Waals surface area contributed by atoms with Gasteiger partial charge in [0.25, 0.3) is 0 Å². The van der Waals surface area contributed by atoms with Crippen molar-refractivity contribution in [2.24, 2.45) is 11.7 Å². The first kappa shape index (κ1) is 12.9. The van der Waals surface area contributed by atoms with Crippen molar-refractivity contribution >= 4 is 0 Å². The number of ether oxygens (including phenoxy) is 2. The quantitative estimate of drug-likeness (QED) is 0.905. The summed E-state index contributed by atoms with van der Waals surface area (Å²) in [5.74, 6) is 1.47. The lowest BCUT2D eigenvalue weighted by Gasteiger charge is -2.26. The first-order valence-corrected chi connectivity index (χ1v) is 7.22. The fraction of sp³-hybridized carbons (Fsp3) is 0.625. The van der Waals surface area contributed by atoms with Crippen molar-refractivity contribution in [2.75, 3.05) is 7.11 Å². The van der Waals surface area contributed by atoms with Gasteiger partial charge in [-0.2, -0.15) is 0 Å². The van der Waals surface area contributed by atoms with Crippen LogP contribution in [-0.4, -0.2) is 25.4 Å². The summed E-state index contributed by atoms with van der Waals surface area (Å²) in [6.45, 7) is 2.11. The molecule has 2 aliphatic rings. The van der Waals surface area contributed by atoms with Gasteiger partial charge in [-0.25, -0.2) is 0 Å². The summed E-state index contributed by atoms with van der Waals surface area (Å²) >= 11 is 0. The molecule has 2 fully saturated rings. The van der Waals surface area contributed by atoms with Crippen LogP contribution in [0.3, 0.4) is 0 Å². The summed E-state index contributed by atoms with van der Waals surface area (Å²) < 4.78 is 11.4. The summed E-state index contributed by atoms with van der Waals surface area (Å²) in [6, 6.07) is 6.47. The molecule has 0 aliphatic carbocycles. The van der Waals surface area contributed by atoms with Crippen molar-refractivity contribution in [1.82, 2.24) is 0 Å². The third-order valence-electron chi connectivity index (χ3n) is 4.59. The van der Waals surface area contributed by atoms with E-state index < -0.39 is 0 Å². The molecule has 3 heteroatoms. The Hall–Kier alpha value is -1.06. The van der Waals surface area contributed by atoms with E-state index in [2.05, 4.69) is 19.1 Å². The van der Waals surface area contributed by atoms with Crippen LogP contribution < -0.4 is 10.5 Å². The molecule has 0 radical (unpaired) electrons. The lowest BCUT2D eigenvalue weighted by molar-refractivity contribution is 0.0884. The first-order chi connectivity index (χ1) is 9.17. The van der Waals surface area contributed by atoms with Crippen molar-refractivity contribution in [3.8, 4) is 5.75 Å². The number of benzene rings is 1. The molecule has 0 spiro atoms. The fourth-order valence-electron chi connectivity index (χ4n) is 3.60. The number of rotatable bonds is 4. The van der Waals surface area contributed by atoms with Gasteiger partial charge in [0.2, 0.25) is 0 Å². The lowest BCUT2D eigenvalue weighted by atomic mass is 9.82. The normalized spacial score (nSPS) is 30.6. The SMILES string of the molecule is COc1ccc(C)cc1CC(N)C1CC2CCC1O2. The highest BCUT2D eigenvalue weighted by Crippen LogP contribution is 2.40. The van der Waals surface area contributed by atoms with E-state index in [0.29, 0.717) is 18.1 Å². The second-order valence-electron chi connectivity index (χ2n) is 5.96. The molecule has 2 N–H and O–H groups in total. The van der Waals surface area contributed by atoms with Gasteiger partial charge < -0.3 is 15.2 Å². The Balaban J connectivity index is 1.72. The maximum absolute atomic E-state index is 6.44. The van der Waals surface area contributed by atoms with Crippen LogP contribution in [0.1, 0.15) is 30.4 Å². The zero-order valence-electron chi connectivity index (χ0n) is 11.8. The summed E-state index contributed by atoms with van der Waals surface area (Å²) in [5.41, 5.74) is 8.91. The van der Waals surface area contributed by atoms with Gasteiger partial charge >= 0.3 is 0 Å². The largest absolute Gasteiger partial charge is 0.496 e. The van der Waals surface area contributed by atoms with Crippen LogP contribution in [0.4, 0.5) is 0 Å². The van der Waals surface area contributed by atoms with Crippen LogP contribution in [0.5, 0.6) is 5.75 Å². The van der Waals surface area contributed by atoms with Crippen LogP contribution in [0.25, 0.3) is 0 Å². The van der Waals surface area contributed by atoms with E-state index in [1.807, 2.05) is 6.07 Å². The van der Waals surface area contributed by atoms with Crippen molar-refractivity contribution in [1.29, 1.82) is 0 Å². The van der Waals surface area contributed by atoms with Crippen LogP contribution in [0, 0.1) is 12.8 Å². The Morgan fingerprint density at radius 1 is 1.42 bits per heavy atom. The molecule has 0 aromatic heterocycles. The molecular formula is C16H23NO2. The van der Waals surface area contributed by atoms with E-state index in [4.69, 9.17) is 15.2 Å². The van der Waals surface area contributed by atoms with Gasteiger partial charge in [0.1, 0.15) is 5.75 Å². The van der Waals surface area contributed by atoms with Crippen LogP contribution >= 0.6 is 0 Å². The molecule has 19 heavy (non-hydrogen) atoms. The van der Waals surface area contributed by atoms with E-state index in [1.54, 1.807) is 7.11 Å². The third kappa shape index (κ3) is 2.49. The topological polar surface area (TPSA) is 44.5 Å². The van der Waals surface area contributed by atoms with Gasteiger partial charge in [-0.15, -0.1) is 0 Å². The Labute approximate surface area is 115 Å². The number of fused-ring (bicyclic) bond motifs is 2. The second kappa shape index (κ2) is 5.14. The van der Waals surface area contributed by atoms with Gasteiger partial charge in [-0.05, 0) is 44.2 Å². The molecule has 4 atom stereocenters. The molecule has 1 aromatic carbocycles. The number of methoxy groups -OCH3 is 1. The molecule has 2 saturated heterocycles. The molecule has 104 valence electrons. The molecule has 2 heterocycles. The van der Waals surface area contributed by atoms with Crippen molar-refractivity contribution in [2.45, 2.75) is 50.9 Å². The number of nitrogens with two attached hydrogens (primary N) is 1. The summed E-state index contributed by atoms with van der Waals surface area (Å²) in [6.07, 6.45) is 5.30. The monoisotopic (exact) mass is 261 g/mol. The Kier molecular flexibility index (Phi) is 3.50. The highest BCUT2D eigenvalue weighted by Gasteiger charge is 2.43. The highest BCUT2D eigenvalue weighted by atomic mass is 16.5. The molecule has 2 aliphatic heterocycles. The van der Waals surface area contributed by atoms with E-state index in [9.17, 15) is 0 Å².